The first-order chi connectivity index (χ1) is 9.19. The van der Waals surface area contributed by atoms with Crippen LogP contribution in [0.25, 0.3) is 16.0 Å². The molecular weight excluding hydrogens is 266 g/mol. The summed E-state index contributed by atoms with van der Waals surface area (Å²) >= 11 is 1.46. The molecular formula is C10H9N7OS. The van der Waals surface area contributed by atoms with Gasteiger partial charge in [0.2, 0.25) is 5.95 Å². The van der Waals surface area contributed by atoms with Crippen LogP contribution < -0.4 is 17.0 Å². The Balaban J connectivity index is 2.21. The molecule has 0 saturated carbocycles. The van der Waals surface area contributed by atoms with Gasteiger partial charge in [-0.1, -0.05) is 0 Å². The Morgan fingerprint density at radius 1 is 1.42 bits per heavy atom. The molecule has 96 valence electrons. The van der Waals surface area contributed by atoms with Crippen molar-refractivity contribution in [1.29, 1.82) is 0 Å². The highest BCUT2D eigenvalue weighted by molar-refractivity contribution is 7.16. The number of thiophene rings is 1. The second-order valence-electron chi connectivity index (χ2n) is 3.69. The van der Waals surface area contributed by atoms with Gasteiger partial charge in [-0.3, -0.25) is 10.2 Å². The maximum atomic E-state index is 11.1. The molecule has 0 radical (unpaired) electrons. The van der Waals surface area contributed by atoms with Crippen LogP contribution in [0.5, 0.6) is 0 Å². The summed E-state index contributed by atoms with van der Waals surface area (Å²) < 4.78 is 1.47. The number of carbonyl (C=O) groups is 1. The van der Waals surface area contributed by atoms with E-state index in [4.69, 9.17) is 11.6 Å². The summed E-state index contributed by atoms with van der Waals surface area (Å²) in [6.45, 7) is 0. The molecule has 0 aliphatic rings. The van der Waals surface area contributed by atoms with Crippen LogP contribution >= 0.6 is 11.3 Å². The summed E-state index contributed by atoms with van der Waals surface area (Å²) in [5.41, 5.74) is 7.91. The first kappa shape index (κ1) is 11.6. The Hall–Kier alpha value is -2.52. The summed E-state index contributed by atoms with van der Waals surface area (Å²) in [7, 11) is 0. The molecule has 3 heterocycles. The normalized spacial score (nSPS) is 10.8. The Morgan fingerprint density at radius 3 is 2.95 bits per heavy atom. The quantitative estimate of drug-likeness (QED) is 0.465. The molecule has 0 saturated heterocycles. The lowest BCUT2D eigenvalue weighted by Crippen LogP contribution is -2.12. The van der Waals surface area contributed by atoms with Gasteiger partial charge in [0.25, 0.3) is 5.91 Å². The van der Waals surface area contributed by atoms with E-state index in [1.165, 1.54) is 28.4 Å². The van der Waals surface area contributed by atoms with Crippen molar-refractivity contribution in [2.45, 2.75) is 0 Å². The van der Waals surface area contributed by atoms with Crippen molar-refractivity contribution < 1.29 is 4.79 Å². The van der Waals surface area contributed by atoms with Crippen LogP contribution in [-0.2, 0) is 0 Å². The van der Waals surface area contributed by atoms with Crippen LogP contribution in [0.1, 0.15) is 10.4 Å². The predicted molar refractivity (Wildman–Crippen MR) is 70.9 cm³/mol. The molecule has 0 fully saturated rings. The lowest BCUT2D eigenvalue weighted by Gasteiger charge is -2.04. The fourth-order valence-corrected chi connectivity index (χ4v) is 2.40. The minimum Gasteiger partial charge on any atom is -0.366 e. The number of hydrogen-bond donors (Lipinski definition) is 3. The van der Waals surface area contributed by atoms with Gasteiger partial charge < -0.3 is 5.73 Å². The molecule has 19 heavy (non-hydrogen) atoms. The van der Waals surface area contributed by atoms with Gasteiger partial charge in [0.1, 0.15) is 4.83 Å². The van der Waals surface area contributed by atoms with Crippen molar-refractivity contribution in [3.05, 3.63) is 29.4 Å². The molecule has 0 aliphatic heterocycles. The molecule has 0 atom stereocenters. The number of amides is 1. The van der Waals surface area contributed by atoms with Crippen LogP contribution in [0.2, 0.25) is 0 Å². The van der Waals surface area contributed by atoms with Gasteiger partial charge in [-0.05, 0) is 11.4 Å². The summed E-state index contributed by atoms with van der Waals surface area (Å²) in [6, 6.07) is 1.88. The van der Waals surface area contributed by atoms with E-state index in [-0.39, 0.29) is 5.95 Å². The zero-order chi connectivity index (χ0) is 13.4. The van der Waals surface area contributed by atoms with Crippen molar-refractivity contribution in [1.82, 2.24) is 19.7 Å². The van der Waals surface area contributed by atoms with Gasteiger partial charge in [-0.15, -0.1) is 11.3 Å². The largest absolute Gasteiger partial charge is 0.366 e. The highest BCUT2D eigenvalue weighted by atomic mass is 32.1. The average Bonchev–Trinajstić information content (AvgIpc) is 3.06. The monoisotopic (exact) mass is 275 g/mol. The Kier molecular flexibility index (Phi) is 2.62. The maximum absolute atomic E-state index is 11.1. The van der Waals surface area contributed by atoms with Gasteiger partial charge >= 0.3 is 0 Å². The smallest absolute Gasteiger partial charge is 0.251 e. The van der Waals surface area contributed by atoms with Gasteiger partial charge in [0.15, 0.2) is 5.82 Å². The molecule has 5 N–H and O–H groups in total. The summed E-state index contributed by atoms with van der Waals surface area (Å²) in [4.78, 5) is 20.3. The molecule has 3 aromatic heterocycles. The molecule has 3 rings (SSSR count). The second kappa shape index (κ2) is 4.30. The van der Waals surface area contributed by atoms with Crippen molar-refractivity contribution >= 4 is 33.4 Å². The number of aromatic nitrogens is 4. The van der Waals surface area contributed by atoms with Crippen LogP contribution in [-0.4, -0.2) is 25.7 Å². The molecule has 8 nitrogen and oxygen atoms in total. The van der Waals surface area contributed by atoms with Gasteiger partial charge in [0.05, 0.1) is 17.1 Å². The van der Waals surface area contributed by atoms with Crippen molar-refractivity contribution in [2.24, 2.45) is 11.6 Å². The van der Waals surface area contributed by atoms with Gasteiger partial charge in [-0.25, -0.2) is 15.5 Å². The topological polar surface area (TPSA) is 125 Å². The van der Waals surface area contributed by atoms with E-state index in [0.717, 1.165) is 10.2 Å². The van der Waals surface area contributed by atoms with Gasteiger partial charge in [0, 0.05) is 6.20 Å². The van der Waals surface area contributed by atoms with E-state index in [1.807, 2.05) is 11.4 Å². The van der Waals surface area contributed by atoms with Crippen LogP contribution in [0.3, 0.4) is 0 Å². The first-order valence-electron chi connectivity index (χ1n) is 5.26. The second-order valence-corrected chi connectivity index (χ2v) is 4.59. The maximum Gasteiger partial charge on any atom is 0.251 e. The van der Waals surface area contributed by atoms with Crippen LogP contribution in [0.4, 0.5) is 5.95 Å². The number of hydrogen-bond acceptors (Lipinski definition) is 7. The third-order valence-electron chi connectivity index (χ3n) is 2.52. The van der Waals surface area contributed by atoms with Crippen LogP contribution in [0.15, 0.2) is 23.8 Å². The molecule has 3 aromatic rings. The van der Waals surface area contributed by atoms with Crippen LogP contribution in [0, 0.1) is 0 Å². The highest BCUT2D eigenvalue weighted by Crippen LogP contribution is 2.25. The fraction of sp³-hybridized carbons (Fsp3) is 0. The molecule has 0 spiro atoms. The number of rotatable bonds is 3. The lowest BCUT2D eigenvalue weighted by molar-refractivity contribution is 0.100. The van der Waals surface area contributed by atoms with E-state index in [1.54, 1.807) is 0 Å². The zero-order valence-corrected chi connectivity index (χ0v) is 10.4. The Bertz CT molecular complexity index is 762. The number of nitrogens with one attached hydrogen (secondary N) is 1. The van der Waals surface area contributed by atoms with E-state index in [2.05, 4.69) is 20.5 Å². The number of nitrogens with zero attached hydrogens (tertiary/aromatic N) is 4. The number of hydrazine groups is 1. The predicted octanol–water partition coefficient (Wildman–Crippen LogP) is 0.262. The Morgan fingerprint density at radius 2 is 2.26 bits per heavy atom. The molecule has 0 bridgehead atoms. The van der Waals surface area contributed by atoms with Crippen molar-refractivity contribution in [2.75, 3.05) is 5.43 Å². The molecule has 0 unspecified atom stereocenters. The number of primary amides is 1. The zero-order valence-electron chi connectivity index (χ0n) is 9.57. The van der Waals surface area contributed by atoms with E-state index < -0.39 is 5.91 Å². The fourth-order valence-electron chi connectivity index (χ4n) is 1.64. The van der Waals surface area contributed by atoms with E-state index in [9.17, 15) is 4.79 Å². The SMILES string of the molecule is NNc1nc(-n2cc(C(N)=O)cn2)c2ccsc2n1. The van der Waals surface area contributed by atoms with Crippen molar-refractivity contribution in [3.63, 3.8) is 0 Å². The molecule has 1 amide bonds. The summed E-state index contributed by atoms with van der Waals surface area (Å²) in [6.07, 6.45) is 2.90. The first-order valence-corrected chi connectivity index (χ1v) is 6.13. The highest BCUT2D eigenvalue weighted by Gasteiger charge is 2.12. The van der Waals surface area contributed by atoms with Gasteiger partial charge in [-0.2, -0.15) is 10.1 Å². The number of fused-ring (bicyclic) bond motifs is 1. The lowest BCUT2D eigenvalue weighted by atomic mass is 10.3. The number of nitrogen functional groups attached to an aromatic ring is 1. The summed E-state index contributed by atoms with van der Waals surface area (Å²) in [5.74, 6) is 5.61. The van der Waals surface area contributed by atoms with Crippen molar-refractivity contribution in [3.8, 4) is 5.82 Å². The van der Waals surface area contributed by atoms with E-state index >= 15 is 0 Å². The molecule has 0 aromatic carbocycles. The minimum absolute atomic E-state index is 0.279. The minimum atomic E-state index is -0.543. The molecule has 0 aliphatic carbocycles. The third kappa shape index (κ3) is 1.90. The average molecular weight is 275 g/mol. The standard InChI is InChI=1S/C10H9N7OS/c11-7(18)5-3-13-17(4-5)8-6-1-2-19-9(6)15-10(14-8)16-12/h1-4H,12H2,(H2,11,18)(H,14,15,16). The number of carbonyl (C=O) groups excluding carboxylic acids is 1. The molecule has 9 heteroatoms. The third-order valence-corrected chi connectivity index (χ3v) is 3.32. The number of nitrogens with two attached hydrogens (primary N) is 2. The van der Waals surface area contributed by atoms with E-state index in [0.29, 0.717) is 11.4 Å². The summed E-state index contributed by atoms with van der Waals surface area (Å²) in [5, 5.41) is 6.79. The number of anilines is 1. The Labute approximate surface area is 111 Å².